The van der Waals surface area contributed by atoms with Crippen LogP contribution < -0.4 is 9.47 Å². The van der Waals surface area contributed by atoms with E-state index in [4.69, 9.17) is 13.6 Å². The Labute approximate surface area is 138 Å². The van der Waals surface area contributed by atoms with Crippen molar-refractivity contribution in [3.05, 3.63) is 33.8 Å². The monoisotopic (exact) mass is 355 g/mol. The Morgan fingerprint density at radius 3 is 2.48 bits per heavy atom. The van der Waals surface area contributed by atoms with Gasteiger partial charge in [0.2, 0.25) is 0 Å². The lowest BCUT2D eigenvalue weighted by Gasteiger charge is -2.30. The summed E-state index contributed by atoms with van der Waals surface area (Å²) in [4.78, 5) is 12.5. The predicted molar refractivity (Wildman–Crippen MR) is 87.1 cm³/mol. The van der Waals surface area contributed by atoms with E-state index in [2.05, 4.69) is 15.9 Å². The molecule has 0 saturated heterocycles. The molecular weight excluding hydrogens is 332 g/mol. The molecule has 0 radical (unpaired) electrons. The lowest BCUT2D eigenvalue weighted by atomic mass is 9.75. The molecule has 0 amide bonds. The average Bonchev–Trinajstić information content (AvgIpc) is 2.52. The van der Waals surface area contributed by atoms with Gasteiger partial charge in [0.05, 0.1) is 14.2 Å². The van der Waals surface area contributed by atoms with Crippen LogP contribution in [0.4, 0.5) is 0 Å². The number of halogens is 1. The summed E-state index contributed by atoms with van der Waals surface area (Å²) in [5.74, 6) is -0.570. The zero-order valence-electron chi connectivity index (χ0n) is 15.4. The Balaban J connectivity index is 2.61. The van der Waals surface area contributed by atoms with Crippen molar-refractivity contribution >= 4 is 21.7 Å². The molecule has 1 aliphatic carbocycles. The molecule has 114 valence electrons. The van der Waals surface area contributed by atoms with Crippen molar-refractivity contribution in [1.29, 1.82) is 0 Å². The van der Waals surface area contributed by atoms with Crippen molar-refractivity contribution in [1.82, 2.24) is 0 Å². The van der Waals surface area contributed by atoms with E-state index in [0.717, 1.165) is 10.0 Å². The Morgan fingerprint density at radius 1 is 1.33 bits per heavy atom. The summed E-state index contributed by atoms with van der Waals surface area (Å²) >= 11 is 3.41. The molecule has 0 N–H and O–H groups in total. The lowest BCUT2D eigenvalue weighted by molar-refractivity contribution is -0.121. The van der Waals surface area contributed by atoms with E-state index < -0.39 is 18.6 Å². The van der Waals surface area contributed by atoms with E-state index >= 15 is 0 Å². The Bertz CT molecular complexity index is 643. The zero-order chi connectivity index (χ0) is 18.1. The highest BCUT2D eigenvalue weighted by molar-refractivity contribution is 9.10. The third-order valence-corrected chi connectivity index (χ3v) is 4.38. The van der Waals surface area contributed by atoms with Crippen LogP contribution in [0.15, 0.2) is 28.3 Å². The van der Waals surface area contributed by atoms with Gasteiger partial charge in [0, 0.05) is 26.0 Å². The SMILES string of the molecule is [2H]C([2H])([2H])C(=O)[C@@H]1CCC(C)=C[C@H]1c1c(OC)cc(Br)cc1OC. The van der Waals surface area contributed by atoms with E-state index in [9.17, 15) is 4.79 Å². The molecule has 0 bridgehead atoms. The van der Waals surface area contributed by atoms with Gasteiger partial charge in [-0.15, -0.1) is 0 Å². The Hall–Kier alpha value is -1.29. The second-order valence-electron chi connectivity index (χ2n) is 5.27. The van der Waals surface area contributed by atoms with Crippen LogP contribution >= 0.6 is 15.9 Å². The lowest BCUT2D eigenvalue weighted by Crippen LogP contribution is -2.23. The van der Waals surface area contributed by atoms with Gasteiger partial charge in [-0.2, -0.15) is 0 Å². The van der Waals surface area contributed by atoms with Crippen molar-refractivity contribution in [3.63, 3.8) is 0 Å². The summed E-state index contributed by atoms with van der Waals surface area (Å²) in [7, 11) is 3.09. The number of hydrogen-bond acceptors (Lipinski definition) is 3. The van der Waals surface area contributed by atoms with Crippen LogP contribution in [0.3, 0.4) is 0 Å². The minimum absolute atomic E-state index is 0.385. The van der Waals surface area contributed by atoms with Crippen LogP contribution in [-0.4, -0.2) is 20.0 Å². The molecule has 1 aromatic rings. The van der Waals surface area contributed by atoms with Gasteiger partial charge in [0.1, 0.15) is 17.3 Å². The van der Waals surface area contributed by atoms with E-state index in [1.807, 2.05) is 13.0 Å². The van der Waals surface area contributed by atoms with E-state index in [-0.39, 0.29) is 5.92 Å². The van der Waals surface area contributed by atoms with Crippen LogP contribution in [0.5, 0.6) is 11.5 Å². The van der Waals surface area contributed by atoms with Gasteiger partial charge < -0.3 is 9.47 Å². The van der Waals surface area contributed by atoms with Gasteiger partial charge in [-0.25, -0.2) is 0 Å². The highest BCUT2D eigenvalue weighted by atomic mass is 79.9. The average molecular weight is 356 g/mol. The summed E-state index contributed by atoms with van der Waals surface area (Å²) in [5.41, 5.74) is 1.84. The fourth-order valence-electron chi connectivity index (χ4n) is 2.88. The first-order valence-corrected chi connectivity index (χ1v) is 7.61. The molecule has 0 unspecified atom stereocenters. The second-order valence-corrected chi connectivity index (χ2v) is 6.19. The molecule has 1 aliphatic rings. The standard InChI is InChI=1S/C17H21BrO3/c1-10-5-6-13(11(2)19)14(7-10)17-15(20-3)8-12(18)9-16(17)21-4/h7-9,13-14H,5-6H2,1-4H3/t13-,14+/m0/s1/i2D3. The van der Waals surface area contributed by atoms with Crippen LogP contribution in [0.1, 0.15) is 42.2 Å². The summed E-state index contributed by atoms with van der Waals surface area (Å²) in [6, 6.07) is 3.60. The molecule has 0 aromatic heterocycles. The van der Waals surface area contributed by atoms with Gasteiger partial charge in [0.25, 0.3) is 0 Å². The first kappa shape index (κ1) is 12.3. The van der Waals surface area contributed by atoms with E-state index in [0.29, 0.717) is 29.9 Å². The fourth-order valence-corrected chi connectivity index (χ4v) is 3.30. The van der Waals surface area contributed by atoms with Crippen molar-refractivity contribution in [2.24, 2.45) is 5.92 Å². The second kappa shape index (κ2) is 6.65. The number of hydrogen-bond donors (Lipinski definition) is 0. The molecule has 2 rings (SSSR count). The Kier molecular flexibility index (Phi) is 3.89. The smallest absolute Gasteiger partial charge is 0.133 e. The van der Waals surface area contributed by atoms with Gasteiger partial charge in [0.15, 0.2) is 0 Å². The number of carbonyl (C=O) groups excluding carboxylic acids is 1. The molecule has 21 heavy (non-hydrogen) atoms. The number of rotatable bonds is 4. The summed E-state index contributed by atoms with van der Waals surface area (Å²) in [6.07, 6.45) is 3.18. The van der Waals surface area contributed by atoms with Crippen LogP contribution in [0.2, 0.25) is 0 Å². The van der Waals surface area contributed by atoms with Crippen LogP contribution in [0.25, 0.3) is 0 Å². The van der Waals surface area contributed by atoms with E-state index in [1.165, 1.54) is 0 Å². The number of allylic oxidation sites excluding steroid dienone is 2. The minimum atomic E-state index is -2.61. The molecule has 4 heteroatoms. The summed E-state index contributed by atoms with van der Waals surface area (Å²) in [6.45, 7) is -0.626. The number of carbonyl (C=O) groups is 1. The van der Waals surface area contributed by atoms with Gasteiger partial charge >= 0.3 is 0 Å². The molecular formula is C17H21BrO3. The first-order chi connectivity index (χ1) is 11.2. The number of benzene rings is 1. The molecule has 0 heterocycles. The van der Waals surface area contributed by atoms with Crippen LogP contribution in [-0.2, 0) is 4.79 Å². The summed E-state index contributed by atoms with van der Waals surface area (Å²) < 4.78 is 34.2. The number of Topliss-reactive ketones (excluding diaryl/α,β-unsaturated/α-hetero) is 1. The van der Waals surface area contributed by atoms with Gasteiger partial charge in [-0.05, 0) is 38.8 Å². The molecule has 0 fully saturated rings. The molecule has 2 atom stereocenters. The Morgan fingerprint density at radius 2 is 1.95 bits per heavy atom. The molecule has 1 aromatic carbocycles. The molecule has 0 spiro atoms. The van der Waals surface area contributed by atoms with Crippen molar-refractivity contribution in [2.45, 2.75) is 32.5 Å². The first-order valence-electron chi connectivity index (χ1n) is 8.32. The third-order valence-electron chi connectivity index (χ3n) is 3.93. The quantitative estimate of drug-likeness (QED) is 0.746. The third kappa shape index (κ3) is 3.31. The summed E-state index contributed by atoms with van der Waals surface area (Å²) in [5, 5.41) is 0. The number of ketones is 1. The highest BCUT2D eigenvalue weighted by Crippen LogP contribution is 2.46. The molecule has 3 nitrogen and oxygen atoms in total. The zero-order valence-corrected chi connectivity index (χ0v) is 14.0. The molecule has 0 aliphatic heterocycles. The van der Waals surface area contributed by atoms with Crippen molar-refractivity contribution in [3.8, 4) is 11.5 Å². The highest BCUT2D eigenvalue weighted by Gasteiger charge is 2.32. The van der Waals surface area contributed by atoms with E-state index in [1.54, 1.807) is 26.4 Å². The van der Waals surface area contributed by atoms with Gasteiger partial charge in [-0.3, -0.25) is 4.79 Å². The van der Waals surface area contributed by atoms with Crippen molar-refractivity contribution < 1.29 is 18.4 Å². The fraction of sp³-hybridized carbons (Fsp3) is 0.471. The normalized spacial score (nSPS) is 24.4. The maximum absolute atomic E-state index is 12.5. The van der Waals surface area contributed by atoms with Gasteiger partial charge in [-0.1, -0.05) is 27.6 Å². The largest absolute Gasteiger partial charge is 0.496 e. The number of methoxy groups -OCH3 is 2. The number of ether oxygens (including phenoxy) is 2. The van der Waals surface area contributed by atoms with Crippen molar-refractivity contribution in [2.75, 3.05) is 14.2 Å². The predicted octanol–water partition coefficient (Wildman–Crippen LogP) is 4.50. The topological polar surface area (TPSA) is 35.5 Å². The minimum Gasteiger partial charge on any atom is -0.496 e. The maximum atomic E-state index is 12.5. The maximum Gasteiger partial charge on any atom is 0.133 e. The van der Waals surface area contributed by atoms with Crippen LogP contribution in [0, 0.1) is 5.92 Å². The molecule has 0 saturated carbocycles.